The first kappa shape index (κ1) is 5.40. The second-order valence-corrected chi connectivity index (χ2v) is 2.57. The first-order valence-electron chi connectivity index (χ1n) is 2.90. The molecule has 4 nitrogen and oxygen atoms in total. The Morgan fingerprint density at radius 1 is 1.22 bits per heavy atom. The lowest BCUT2D eigenvalue weighted by molar-refractivity contribution is 0.522. The zero-order chi connectivity index (χ0) is 6.27. The molecule has 0 bridgehead atoms. The normalized spacial score (nSPS) is 39.8. The molecule has 4 N–H and O–H groups in total. The van der Waals surface area contributed by atoms with Crippen molar-refractivity contribution in [3.63, 3.8) is 0 Å². The Balaban J connectivity index is 2.09. The predicted molar refractivity (Wildman–Crippen MR) is 37.6 cm³/mol. The van der Waals surface area contributed by atoms with Crippen LogP contribution in [0.25, 0.3) is 0 Å². The summed E-state index contributed by atoms with van der Waals surface area (Å²) in [7, 11) is 0. The SMILES string of the molecule is S=C1N[C@H]2NCN[C@H]2N1. The average Bonchev–Trinajstić information content (AvgIpc) is 2.22. The minimum absolute atomic E-state index is 0.289. The van der Waals surface area contributed by atoms with Gasteiger partial charge >= 0.3 is 0 Å². The summed E-state index contributed by atoms with van der Waals surface area (Å²) in [6, 6.07) is 0. The number of fused-ring (bicyclic) bond motifs is 1. The average molecular weight is 144 g/mol. The van der Waals surface area contributed by atoms with E-state index in [0.29, 0.717) is 0 Å². The molecular weight excluding hydrogens is 136 g/mol. The minimum atomic E-state index is 0.289. The molecule has 0 aromatic heterocycles. The van der Waals surface area contributed by atoms with Gasteiger partial charge in [0.2, 0.25) is 0 Å². The Morgan fingerprint density at radius 2 is 1.78 bits per heavy atom. The van der Waals surface area contributed by atoms with Crippen LogP contribution in [0.4, 0.5) is 0 Å². The van der Waals surface area contributed by atoms with Crippen molar-refractivity contribution in [1.82, 2.24) is 21.3 Å². The van der Waals surface area contributed by atoms with E-state index < -0.39 is 0 Å². The maximum absolute atomic E-state index is 4.87. The highest BCUT2D eigenvalue weighted by atomic mass is 32.1. The smallest absolute Gasteiger partial charge is 0.168 e. The van der Waals surface area contributed by atoms with Crippen LogP contribution in [-0.2, 0) is 0 Å². The molecule has 0 aromatic rings. The maximum atomic E-state index is 4.87. The van der Waals surface area contributed by atoms with Gasteiger partial charge in [-0.15, -0.1) is 0 Å². The molecular formula is C4H8N4S. The molecule has 9 heavy (non-hydrogen) atoms. The minimum Gasteiger partial charge on any atom is -0.344 e. The zero-order valence-electron chi connectivity index (χ0n) is 4.77. The van der Waals surface area contributed by atoms with Crippen LogP contribution in [0.15, 0.2) is 0 Å². The van der Waals surface area contributed by atoms with Crippen molar-refractivity contribution >= 4 is 17.3 Å². The molecule has 0 aromatic carbocycles. The summed E-state index contributed by atoms with van der Waals surface area (Å²) in [6.45, 7) is 0.845. The van der Waals surface area contributed by atoms with Crippen LogP contribution >= 0.6 is 12.2 Å². The second kappa shape index (κ2) is 1.80. The number of rotatable bonds is 0. The van der Waals surface area contributed by atoms with Gasteiger partial charge in [-0.05, 0) is 12.2 Å². The maximum Gasteiger partial charge on any atom is 0.168 e. The van der Waals surface area contributed by atoms with Gasteiger partial charge < -0.3 is 10.6 Å². The van der Waals surface area contributed by atoms with Crippen LogP contribution in [0.3, 0.4) is 0 Å². The van der Waals surface area contributed by atoms with Crippen LogP contribution < -0.4 is 21.3 Å². The highest BCUT2D eigenvalue weighted by Crippen LogP contribution is 1.98. The Hall–Kier alpha value is -0.390. The van der Waals surface area contributed by atoms with E-state index in [-0.39, 0.29) is 12.3 Å². The molecule has 2 atom stereocenters. The molecule has 0 radical (unpaired) electrons. The Bertz CT molecular complexity index is 134. The number of thiocarbonyl (C=S) groups is 1. The lowest BCUT2D eigenvalue weighted by Crippen LogP contribution is -2.39. The van der Waals surface area contributed by atoms with Gasteiger partial charge in [0.1, 0.15) is 12.3 Å². The highest BCUT2D eigenvalue weighted by Gasteiger charge is 2.32. The largest absolute Gasteiger partial charge is 0.344 e. The number of nitrogens with one attached hydrogen (secondary N) is 4. The summed E-state index contributed by atoms with van der Waals surface area (Å²) < 4.78 is 0. The lowest BCUT2D eigenvalue weighted by atomic mass is 10.4. The van der Waals surface area contributed by atoms with Crippen LogP contribution in [0.1, 0.15) is 0 Å². The van der Waals surface area contributed by atoms with Gasteiger partial charge in [0.15, 0.2) is 5.11 Å². The van der Waals surface area contributed by atoms with Crippen LogP contribution in [0, 0.1) is 0 Å². The van der Waals surface area contributed by atoms with Crippen LogP contribution in [-0.4, -0.2) is 24.1 Å². The van der Waals surface area contributed by atoms with Gasteiger partial charge in [-0.2, -0.15) is 0 Å². The van der Waals surface area contributed by atoms with Gasteiger partial charge in [0.05, 0.1) is 0 Å². The molecule has 0 unspecified atom stereocenters. The molecule has 2 heterocycles. The van der Waals surface area contributed by atoms with E-state index in [4.69, 9.17) is 12.2 Å². The summed E-state index contributed by atoms with van der Waals surface area (Å²) in [5.74, 6) is 0. The lowest BCUT2D eigenvalue weighted by Gasteiger charge is -2.04. The van der Waals surface area contributed by atoms with Crippen molar-refractivity contribution in [3.8, 4) is 0 Å². The monoisotopic (exact) mass is 144 g/mol. The van der Waals surface area contributed by atoms with Gasteiger partial charge in [-0.1, -0.05) is 0 Å². The van der Waals surface area contributed by atoms with Crippen molar-refractivity contribution < 1.29 is 0 Å². The number of hydrogen-bond donors (Lipinski definition) is 4. The van der Waals surface area contributed by atoms with Gasteiger partial charge in [0.25, 0.3) is 0 Å². The fraction of sp³-hybridized carbons (Fsp3) is 0.750. The molecule has 2 aliphatic heterocycles. The van der Waals surface area contributed by atoms with Crippen LogP contribution in [0.2, 0.25) is 0 Å². The summed E-state index contributed by atoms with van der Waals surface area (Å²) >= 11 is 4.87. The van der Waals surface area contributed by atoms with Crippen molar-refractivity contribution in [3.05, 3.63) is 0 Å². The third kappa shape index (κ3) is 0.772. The molecule has 0 saturated carbocycles. The van der Waals surface area contributed by atoms with Crippen molar-refractivity contribution in [2.45, 2.75) is 12.3 Å². The van der Waals surface area contributed by atoms with E-state index >= 15 is 0 Å². The molecule has 2 saturated heterocycles. The zero-order valence-corrected chi connectivity index (χ0v) is 5.59. The highest BCUT2D eigenvalue weighted by molar-refractivity contribution is 7.80. The van der Waals surface area contributed by atoms with E-state index in [9.17, 15) is 0 Å². The molecule has 0 spiro atoms. The van der Waals surface area contributed by atoms with E-state index in [1.165, 1.54) is 0 Å². The summed E-state index contributed by atoms with van der Waals surface area (Å²) in [5, 5.41) is 13.2. The van der Waals surface area contributed by atoms with Gasteiger partial charge in [0, 0.05) is 6.67 Å². The molecule has 5 heteroatoms. The van der Waals surface area contributed by atoms with E-state index in [2.05, 4.69) is 21.3 Å². The van der Waals surface area contributed by atoms with Gasteiger partial charge in [-0.25, -0.2) is 0 Å². The van der Waals surface area contributed by atoms with Gasteiger partial charge in [-0.3, -0.25) is 10.6 Å². The molecule has 0 aliphatic carbocycles. The first-order chi connectivity index (χ1) is 4.36. The summed E-state index contributed by atoms with van der Waals surface area (Å²) in [4.78, 5) is 0. The topological polar surface area (TPSA) is 48.1 Å². The third-order valence-electron chi connectivity index (χ3n) is 1.55. The molecule has 2 rings (SSSR count). The third-order valence-corrected chi connectivity index (χ3v) is 1.79. The van der Waals surface area contributed by atoms with Crippen molar-refractivity contribution in [2.75, 3.05) is 6.67 Å². The van der Waals surface area contributed by atoms with Crippen molar-refractivity contribution in [2.24, 2.45) is 0 Å². The molecule has 2 aliphatic rings. The van der Waals surface area contributed by atoms with E-state index in [1.807, 2.05) is 0 Å². The quantitative estimate of drug-likeness (QED) is 0.304. The fourth-order valence-corrected chi connectivity index (χ4v) is 1.36. The standard InChI is InChI=1S/C4H8N4S/c9-4-7-2-3(8-4)6-1-5-2/h2-3,5-6H,1H2,(H2,7,8,9)/t2-,3+. The predicted octanol–water partition coefficient (Wildman–Crippen LogP) is -1.73. The molecule has 50 valence electrons. The van der Waals surface area contributed by atoms with Crippen molar-refractivity contribution in [1.29, 1.82) is 0 Å². The molecule has 0 amide bonds. The molecule has 2 fully saturated rings. The Morgan fingerprint density at radius 3 is 2.33 bits per heavy atom. The fourth-order valence-electron chi connectivity index (χ4n) is 1.11. The Kier molecular flexibility index (Phi) is 1.08. The van der Waals surface area contributed by atoms with E-state index in [1.54, 1.807) is 0 Å². The first-order valence-corrected chi connectivity index (χ1v) is 3.31. The second-order valence-electron chi connectivity index (χ2n) is 2.16. The van der Waals surface area contributed by atoms with Crippen LogP contribution in [0.5, 0.6) is 0 Å². The summed E-state index contributed by atoms with van der Waals surface area (Å²) in [5.41, 5.74) is 0. The summed E-state index contributed by atoms with van der Waals surface area (Å²) in [6.07, 6.45) is 0.579. The Labute approximate surface area is 58.4 Å². The number of hydrogen-bond acceptors (Lipinski definition) is 3. The van der Waals surface area contributed by atoms with E-state index in [0.717, 1.165) is 11.8 Å².